The first-order valence-electron chi connectivity index (χ1n) is 6.85. The largest absolute Gasteiger partial charge is 0.461 e. The van der Waals surface area contributed by atoms with Crippen LogP contribution in [0.2, 0.25) is 0 Å². The van der Waals surface area contributed by atoms with Crippen molar-refractivity contribution in [3.05, 3.63) is 24.2 Å². The first-order valence-corrected chi connectivity index (χ1v) is 6.85. The van der Waals surface area contributed by atoms with Gasteiger partial charge in [-0.05, 0) is 31.9 Å². The lowest BCUT2D eigenvalue weighted by Crippen LogP contribution is -2.38. The van der Waals surface area contributed by atoms with Crippen molar-refractivity contribution in [3.63, 3.8) is 0 Å². The summed E-state index contributed by atoms with van der Waals surface area (Å²) < 4.78 is 5.25. The monoisotopic (exact) mass is 274 g/mol. The molecule has 1 aliphatic rings. The Hall–Kier alpha value is -2.31. The summed E-state index contributed by atoms with van der Waals surface area (Å²) >= 11 is 0. The SMILES string of the molecule is CCNC(=NCc1nc(-c2ccco2)n[nH]1)NC1CC1. The second-order valence-corrected chi connectivity index (χ2v) is 4.70. The van der Waals surface area contributed by atoms with Crippen molar-refractivity contribution in [2.24, 2.45) is 4.99 Å². The van der Waals surface area contributed by atoms with Crippen LogP contribution < -0.4 is 10.6 Å². The van der Waals surface area contributed by atoms with E-state index in [2.05, 4.69) is 30.8 Å². The predicted molar refractivity (Wildman–Crippen MR) is 75.1 cm³/mol. The molecule has 0 amide bonds. The third-order valence-electron chi connectivity index (χ3n) is 2.92. The van der Waals surface area contributed by atoms with E-state index in [4.69, 9.17) is 4.42 Å². The number of guanidine groups is 1. The summed E-state index contributed by atoms with van der Waals surface area (Å²) in [7, 11) is 0. The first kappa shape index (κ1) is 12.7. The van der Waals surface area contributed by atoms with Gasteiger partial charge in [-0.3, -0.25) is 5.10 Å². The lowest BCUT2D eigenvalue weighted by molar-refractivity contribution is 0.577. The summed E-state index contributed by atoms with van der Waals surface area (Å²) in [6.45, 7) is 3.34. The Morgan fingerprint density at radius 3 is 3.15 bits per heavy atom. The Balaban J connectivity index is 1.64. The summed E-state index contributed by atoms with van der Waals surface area (Å²) in [6.07, 6.45) is 4.04. The molecule has 1 fully saturated rings. The standard InChI is InChI=1S/C13H18N6O/c1-2-14-13(16-9-5-6-9)15-8-11-17-12(19-18-11)10-4-3-7-20-10/h3-4,7,9H,2,5-6,8H2,1H3,(H2,14,15,16)(H,17,18,19). The number of H-pyrrole nitrogens is 1. The Morgan fingerprint density at radius 1 is 1.55 bits per heavy atom. The van der Waals surface area contributed by atoms with Crippen LogP contribution in [0.3, 0.4) is 0 Å². The van der Waals surface area contributed by atoms with Gasteiger partial charge in [-0.2, -0.15) is 0 Å². The molecular weight excluding hydrogens is 256 g/mol. The number of furan rings is 1. The molecule has 3 rings (SSSR count). The number of hydrogen-bond donors (Lipinski definition) is 3. The lowest BCUT2D eigenvalue weighted by Gasteiger charge is -2.09. The van der Waals surface area contributed by atoms with Gasteiger partial charge in [-0.1, -0.05) is 0 Å². The smallest absolute Gasteiger partial charge is 0.216 e. The second-order valence-electron chi connectivity index (χ2n) is 4.70. The van der Waals surface area contributed by atoms with Crippen molar-refractivity contribution in [1.29, 1.82) is 0 Å². The molecule has 20 heavy (non-hydrogen) atoms. The molecule has 3 N–H and O–H groups in total. The van der Waals surface area contributed by atoms with Crippen molar-refractivity contribution < 1.29 is 4.42 Å². The Morgan fingerprint density at radius 2 is 2.45 bits per heavy atom. The van der Waals surface area contributed by atoms with Crippen molar-refractivity contribution in [2.75, 3.05) is 6.54 Å². The molecule has 2 aromatic rings. The predicted octanol–water partition coefficient (Wildman–Crippen LogP) is 1.28. The maximum absolute atomic E-state index is 5.25. The molecule has 0 aliphatic heterocycles. The topological polar surface area (TPSA) is 91.1 Å². The molecule has 0 bridgehead atoms. The summed E-state index contributed by atoms with van der Waals surface area (Å²) in [5.41, 5.74) is 0. The highest BCUT2D eigenvalue weighted by molar-refractivity contribution is 5.80. The highest BCUT2D eigenvalue weighted by Gasteiger charge is 2.22. The summed E-state index contributed by atoms with van der Waals surface area (Å²) in [5, 5.41) is 13.6. The second kappa shape index (κ2) is 5.77. The quantitative estimate of drug-likeness (QED) is 0.564. The zero-order chi connectivity index (χ0) is 13.8. The van der Waals surface area contributed by atoms with Gasteiger partial charge in [0.05, 0.1) is 6.26 Å². The Bertz CT molecular complexity index is 569. The van der Waals surface area contributed by atoms with E-state index in [1.54, 1.807) is 6.26 Å². The molecule has 0 atom stereocenters. The highest BCUT2D eigenvalue weighted by atomic mass is 16.3. The van der Waals surface area contributed by atoms with E-state index < -0.39 is 0 Å². The number of aromatic amines is 1. The van der Waals surface area contributed by atoms with Gasteiger partial charge < -0.3 is 15.1 Å². The third kappa shape index (κ3) is 3.17. The minimum Gasteiger partial charge on any atom is -0.461 e. The number of hydrogen-bond acceptors (Lipinski definition) is 4. The van der Waals surface area contributed by atoms with E-state index >= 15 is 0 Å². The summed E-state index contributed by atoms with van der Waals surface area (Å²) in [4.78, 5) is 8.85. The molecule has 0 saturated heterocycles. The molecule has 2 aromatic heterocycles. The maximum Gasteiger partial charge on any atom is 0.216 e. The van der Waals surface area contributed by atoms with Crippen LogP contribution in [0.4, 0.5) is 0 Å². The van der Waals surface area contributed by atoms with Crippen LogP contribution in [-0.4, -0.2) is 33.7 Å². The number of nitrogens with zero attached hydrogens (tertiary/aromatic N) is 3. The molecule has 2 heterocycles. The number of aliphatic imine (C=N–C) groups is 1. The molecule has 0 spiro atoms. The zero-order valence-corrected chi connectivity index (χ0v) is 11.4. The van der Waals surface area contributed by atoms with Gasteiger partial charge >= 0.3 is 0 Å². The van der Waals surface area contributed by atoms with Crippen molar-refractivity contribution in [2.45, 2.75) is 32.4 Å². The highest BCUT2D eigenvalue weighted by Crippen LogP contribution is 2.18. The van der Waals surface area contributed by atoms with E-state index in [-0.39, 0.29) is 0 Å². The maximum atomic E-state index is 5.25. The zero-order valence-electron chi connectivity index (χ0n) is 11.4. The number of nitrogens with one attached hydrogen (secondary N) is 3. The molecule has 0 unspecified atom stereocenters. The van der Waals surface area contributed by atoms with Gasteiger partial charge in [0.2, 0.25) is 5.82 Å². The average molecular weight is 274 g/mol. The first-order chi connectivity index (χ1) is 9.85. The minimum atomic E-state index is 0.454. The van der Waals surface area contributed by atoms with Gasteiger partial charge in [0.15, 0.2) is 11.7 Å². The van der Waals surface area contributed by atoms with Crippen molar-refractivity contribution in [1.82, 2.24) is 25.8 Å². The average Bonchev–Trinajstić information content (AvgIpc) is 2.96. The van der Waals surface area contributed by atoms with E-state index in [1.807, 2.05) is 19.1 Å². The Labute approximate surface area is 116 Å². The molecule has 106 valence electrons. The molecule has 1 aliphatic carbocycles. The normalized spacial score (nSPS) is 15.3. The molecule has 0 radical (unpaired) electrons. The van der Waals surface area contributed by atoms with Crippen LogP contribution >= 0.6 is 0 Å². The lowest BCUT2D eigenvalue weighted by atomic mass is 10.4. The van der Waals surface area contributed by atoms with Gasteiger partial charge in [-0.25, -0.2) is 9.98 Å². The van der Waals surface area contributed by atoms with Gasteiger partial charge in [0.25, 0.3) is 0 Å². The number of aromatic nitrogens is 3. The van der Waals surface area contributed by atoms with Crippen LogP contribution in [0.5, 0.6) is 0 Å². The van der Waals surface area contributed by atoms with Gasteiger partial charge in [0.1, 0.15) is 12.4 Å². The summed E-state index contributed by atoms with van der Waals surface area (Å²) in [5.74, 6) is 2.75. The molecule has 0 aromatic carbocycles. The van der Waals surface area contributed by atoms with Crippen LogP contribution in [0.1, 0.15) is 25.6 Å². The van der Waals surface area contributed by atoms with Crippen molar-refractivity contribution in [3.8, 4) is 11.6 Å². The van der Waals surface area contributed by atoms with E-state index in [0.717, 1.165) is 12.5 Å². The third-order valence-corrected chi connectivity index (χ3v) is 2.92. The number of rotatable bonds is 5. The fraction of sp³-hybridized carbons (Fsp3) is 0.462. The fourth-order valence-corrected chi connectivity index (χ4v) is 1.78. The molecule has 7 nitrogen and oxygen atoms in total. The molecule has 7 heteroatoms. The van der Waals surface area contributed by atoms with Crippen LogP contribution in [0.15, 0.2) is 27.8 Å². The fourth-order valence-electron chi connectivity index (χ4n) is 1.78. The van der Waals surface area contributed by atoms with Gasteiger partial charge in [0, 0.05) is 12.6 Å². The van der Waals surface area contributed by atoms with Gasteiger partial charge in [-0.15, -0.1) is 5.10 Å². The molecular formula is C13H18N6O. The summed E-state index contributed by atoms with van der Waals surface area (Å²) in [6, 6.07) is 4.21. The van der Waals surface area contributed by atoms with E-state index in [1.165, 1.54) is 12.8 Å². The van der Waals surface area contributed by atoms with E-state index in [9.17, 15) is 0 Å². The van der Waals surface area contributed by atoms with Crippen LogP contribution in [0, 0.1) is 0 Å². The Kier molecular flexibility index (Phi) is 3.67. The van der Waals surface area contributed by atoms with Crippen molar-refractivity contribution >= 4 is 5.96 Å². The van der Waals surface area contributed by atoms with Crippen LogP contribution in [-0.2, 0) is 6.54 Å². The minimum absolute atomic E-state index is 0.454. The van der Waals surface area contributed by atoms with E-state index in [0.29, 0.717) is 30.0 Å². The molecule has 1 saturated carbocycles. The van der Waals surface area contributed by atoms with Crippen LogP contribution in [0.25, 0.3) is 11.6 Å².